The first kappa shape index (κ1) is 31.7. The first-order valence-electron chi connectivity index (χ1n) is 14.2. The number of amides is 1. The first-order valence-corrected chi connectivity index (χ1v) is 14.2. The Morgan fingerprint density at radius 3 is 2.45 bits per heavy atom. The van der Waals surface area contributed by atoms with E-state index in [1.54, 1.807) is 38.1 Å². The van der Waals surface area contributed by atoms with E-state index in [1.807, 2.05) is 30.3 Å². The summed E-state index contributed by atoms with van der Waals surface area (Å²) in [5.41, 5.74) is 7.20. The van der Waals surface area contributed by atoms with Crippen LogP contribution < -0.4 is 19.6 Å². The summed E-state index contributed by atoms with van der Waals surface area (Å²) in [6.07, 6.45) is 2.79. The molecule has 0 bridgehead atoms. The van der Waals surface area contributed by atoms with E-state index in [4.69, 9.17) is 23.4 Å². The third kappa shape index (κ3) is 7.77. The van der Waals surface area contributed by atoms with Crippen molar-refractivity contribution in [3.8, 4) is 22.9 Å². The Morgan fingerprint density at radius 2 is 1.80 bits per heavy atom. The van der Waals surface area contributed by atoms with Crippen LogP contribution in [0.2, 0.25) is 0 Å². The monoisotopic (exact) mass is 599 g/mol. The molecular formula is C34H37N3O7. The first-order chi connectivity index (χ1) is 21.2. The quantitative estimate of drug-likeness (QED) is 0.0807. The van der Waals surface area contributed by atoms with Crippen molar-refractivity contribution in [1.29, 1.82) is 0 Å². The van der Waals surface area contributed by atoms with E-state index in [0.29, 0.717) is 35.0 Å². The van der Waals surface area contributed by atoms with Crippen LogP contribution in [0.5, 0.6) is 17.2 Å². The maximum atomic E-state index is 12.6. The number of methoxy groups -OCH3 is 1. The van der Waals surface area contributed by atoms with E-state index >= 15 is 0 Å². The Morgan fingerprint density at radius 1 is 1.07 bits per heavy atom. The summed E-state index contributed by atoms with van der Waals surface area (Å²) in [7, 11) is 1.50. The molecule has 2 aromatic heterocycles. The molecular weight excluding hydrogens is 562 g/mol. The van der Waals surface area contributed by atoms with Crippen molar-refractivity contribution in [2.75, 3.05) is 13.7 Å². The van der Waals surface area contributed by atoms with Crippen molar-refractivity contribution >= 4 is 18.1 Å². The highest BCUT2D eigenvalue weighted by molar-refractivity contribution is 5.92. The Kier molecular flexibility index (Phi) is 10.6. The summed E-state index contributed by atoms with van der Waals surface area (Å²) in [6, 6.07) is 18.7. The van der Waals surface area contributed by atoms with E-state index in [0.717, 1.165) is 22.6 Å². The van der Waals surface area contributed by atoms with Crippen LogP contribution in [0.3, 0.4) is 0 Å². The number of carbonyl (C=O) groups excluding carboxylic acids is 2. The third-order valence-corrected chi connectivity index (χ3v) is 6.66. The fraction of sp³-hybridized carbons (Fsp3) is 0.265. The summed E-state index contributed by atoms with van der Waals surface area (Å²) in [6.45, 7) is 11.7. The van der Waals surface area contributed by atoms with Gasteiger partial charge in [-0.05, 0) is 100 Å². The van der Waals surface area contributed by atoms with Crippen LogP contribution in [0.1, 0.15) is 52.7 Å². The van der Waals surface area contributed by atoms with Gasteiger partial charge >= 0.3 is 11.9 Å². The normalized spacial score (nSPS) is 11.7. The Hall–Kier alpha value is -5.25. The minimum atomic E-state index is -0.834. The zero-order valence-electron chi connectivity index (χ0n) is 25.6. The van der Waals surface area contributed by atoms with Crippen molar-refractivity contribution < 1.29 is 33.0 Å². The molecule has 1 atom stereocenters. The van der Waals surface area contributed by atoms with Gasteiger partial charge in [-0.25, -0.2) is 10.2 Å². The molecule has 10 heteroatoms. The lowest BCUT2D eigenvalue weighted by Gasteiger charge is -2.19. The number of ether oxygens (including phenoxy) is 4. The Bertz CT molecular complexity index is 1610. The van der Waals surface area contributed by atoms with E-state index in [9.17, 15) is 9.59 Å². The molecule has 0 unspecified atom stereocenters. The second-order valence-corrected chi connectivity index (χ2v) is 9.92. The molecule has 0 spiro atoms. The van der Waals surface area contributed by atoms with Crippen LogP contribution >= 0.6 is 0 Å². The fourth-order valence-electron chi connectivity index (χ4n) is 4.55. The number of nitrogens with one attached hydrogen (secondary N) is 1. The molecule has 4 aromatic rings. The second kappa shape index (κ2) is 14.8. The van der Waals surface area contributed by atoms with Gasteiger partial charge in [0, 0.05) is 22.6 Å². The molecule has 0 saturated carbocycles. The molecule has 4 rings (SSSR count). The standard InChI is InChI=1S/C34H37N3O7/c1-7-9-26-18-25(19-31(40-6)32(26)43-24(5)34(39)41-8-2)20-35-36-33(38)30-17-16-29(44-30)21-42-28-14-12-27(13-15-28)37-22(3)10-11-23(37)4/h7,10-20,24H,1,8-9,21H2,2-6H3,(H,36,38)/b35-20+/t24-/m0/s1. The zero-order valence-corrected chi connectivity index (χ0v) is 25.6. The van der Waals surface area contributed by atoms with Gasteiger partial charge in [0.2, 0.25) is 0 Å². The number of furan rings is 1. The van der Waals surface area contributed by atoms with Crippen molar-refractivity contribution in [3.05, 3.63) is 107 Å². The van der Waals surface area contributed by atoms with Gasteiger partial charge in [-0.2, -0.15) is 5.10 Å². The number of aryl methyl sites for hydroxylation is 2. The molecule has 0 radical (unpaired) electrons. The maximum Gasteiger partial charge on any atom is 0.347 e. The number of hydrogen-bond donors (Lipinski definition) is 1. The predicted molar refractivity (Wildman–Crippen MR) is 167 cm³/mol. The number of rotatable bonds is 14. The van der Waals surface area contributed by atoms with Crippen molar-refractivity contribution in [2.45, 2.75) is 46.8 Å². The minimum Gasteiger partial charge on any atom is -0.493 e. The molecule has 1 N–H and O–H groups in total. The van der Waals surface area contributed by atoms with Crippen LogP contribution in [0, 0.1) is 13.8 Å². The largest absolute Gasteiger partial charge is 0.493 e. The van der Waals surface area contributed by atoms with Gasteiger partial charge in [0.15, 0.2) is 23.4 Å². The van der Waals surface area contributed by atoms with E-state index < -0.39 is 18.0 Å². The van der Waals surface area contributed by atoms with Crippen LogP contribution in [0.25, 0.3) is 5.69 Å². The Labute approximate surface area is 256 Å². The van der Waals surface area contributed by atoms with Gasteiger partial charge in [-0.15, -0.1) is 6.58 Å². The van der Waals surface area contributed by atoms with Crippen molar-refractivity contribution in [2.24, 2.45) is 5.10 Å². The van der Waals surface area contributed by atoms with E-state index in [1.165, 1.54) is 13.3 Å². The highest BCUT2D eigenvalue weighted by Gasteiger charge is 2.21. The molecule has 2 heterocycles. The number of esters is 1. The highest BCUT2D eigenvalue weighted by atomic mass is 16.6. The summed E-state index contributed by atoms with van der Waals surface area (Å²) in [5.74, 6) is 1.07. The number of carbonyl (C=O) groups is 2. The van der Waals surface area contributed by atoms with Crippen LogP contribution in [-0.4, -0.2) is 42.5 Å². The number of benzene rings is 2. The molecule has 1 amide bonds. The highest BCUT2D eigenvalue weighted by Crippen LogP contribution is 2.34. The zero-order chi connectivity index (χ0) is 31.6. The third-order valence-electron chi connectivity index (χ3n) is 6.66. The number of aromatic nitrogens is 1. The maximum absolute atomic E-state index is 12.6. The Balaban J connectivity index is 1.36. The summed E-state index contributed by atoms with van der Waals surface area (Å²) in [5, 5.41) is 4.07. The molecule has 0 aliphatic rings. The van der Waals surface area contributed by atoms with Gasteiger partial charge in [0.05, 0.1) is 19.9 Å². The number of hydrogen-bond acceptors (Lipinski definition) is 8. The average molecular weight is 600 g/mol. The van der Waals surface area contributed by atoms with Crippen LogP contribution in [0.4, 0.5) is 0 Å². The summed E-state index contributed by atoms with van der Waals surface area (Å²) in [4.78, 5) is 24.7. The molecule has 0 fully saturated rings. The molecule has 0 aliphatic carbocycles. The van der Waals surface area contributed by atoms with Gasteiger partial charge in [0.25, 0.3) is 0 Å². The smallest absolute Gasteiger partial charge is 0.347 e. The van der Waals surface area contributed by atoms with Gasteiger partial charge < -0.3 is 27.9 Å². The van der Waals surface area contributed by atoms with Crippen LogP contribution in [-0.2, 0) is 22.6 Å². The molecule has 0 aliphatic heterocycles. The molecule has 2 aromatic carbocycles. The van der Waals surface area contributed by atoms with Gasteiger partial charge in [-0.3, -0.25) is 4.79 Å². The van der Waals surface area contributed by atoms with Crippen molar-refractivity contribution in [1.82, 2.24) is 9.99 Å². The molecule has 10 nitrogen and oxygen atoms in total. The lowest BCUT2D eigenvalue weighted by Crippen LogP contribution is -2.26. The summed E-state index contributed by atoms with van der Waals surface area (Å²) >= 11 is 0. The van der Waals surface area contributed by atoms with Crippen molar-refractivity contribution in [3.63, 3.8) is 0 Å². The number of nitrogens with zero attached hydrogens (tertiary/aromatic N) is 2. The fourth-order valence-corrected chi connectivity index (χ4v) is 4.55. The lowest BCUT2D eigenvalue weighted by molar-refractivity contribution is -0.150. The molecule has 230 valence electrons. The van der Waals surface area contributed by atoms with Crippen LogP contribution in [0.15, 0.2) is 82.8 Å². The van der Waals surface area contributed by atoms with E-state index in [2.05, 4.69) is 47.7 Å². The van der Waals surface area contributed by atoms with E-state index in [-0.39, 0.29) is 19.0 Å². The summed E-state index contributed by atoms with van der Waals surface area (Å²) < 4.78 is 30.1. The topological polar surface area (TPSA) is 114 Å². The predicted octanol–water partition coefficient (Wildman–Crippen LogP) is 6.10. The minimum absolute atomic E-state index is 0.0938. The molecule has 44 heavy (non-hydrogen) atoms. The number of hydrazone groups is 1. The SMILES string of the molecule is C=CCc1cc(/C=N/NC(=O)c2ccc(COc3ccc(-n4c(C)ccc4C)cc3)o2)cc(OC)c1O[C@@H](C)C(=O)OCC. The average Bonchev–Trinajstić information content (AvgIpc) is 3.63. The van der Waals surface area contributed by atoms with Gasteiger partial charge in [-0.1, -0.05) is 6.08 Å². The van der Waals surface area contributed by atoms with Gasteiger partial charge in [0.1, 0.15) is 18.1 Å². The number of allylic oxidation sites excluding steroid dienone is 1. The lowest BCUT2D eigenvalue weighted by atomic mass is 10.1. The molecule has 0 saturated heterocycles. The second-order valence-electron chi connectivity index (χ2n) is 9.92.